The third-order valence-electron chi connectivity index (χ3n) is 5.57. The van der Waals surface area contributed by atoms with E-state index in [1.54, 1.807) is 0 Å². The van der Waals surface area contributed by atoms with Crippen molar-refractivity contribution >= 4 is 23.3 Å². The van der Waals surface area contributed by atoms with Gasteiger partial charge in [-0.3, -0.25) is 4.79 Å². The molecule has 0 radical (unpaired) electrons. The van der Waals surface area contributed by atoms with E-state index in [0.717, 1.165) is 12.8 Å². The van der Waals surface area contributed by atoms with Gasteiger partial charge in [-0.15, -0.1) is 0 Å². The van der Waals surface area contributed by atoms with Crippen LogP contribution in [0.3, 0.4) is 0 Å². The van der Waals surface area contributed by atoms with Crippen molar-refractivity contribution in [2.45, 2.75) is 77.7 Å². The monoisotopic (exact) mass is 365 g/mol. The minimum Gasteiger partial charge on any atom is -0.460 e. The summed E-state index contributed by atoms with van der Waals surface area (Å²) >= 11 is 6.10. The molecule has 2 N–H and O–H groups in total. The average Bonchev–Trinajstić information content (AvgIpc) is 2.43. The zero-order valence-corrected chi connectivity index (χ0v) is 17.0. The maximum Gasteiger partial charge on any atom is 0.309 e. The highest BCUT2D eigenvalue weighted by atomic mass is 35.5. The van der Waals surface area contributed by atoms with Gasteiger partial charge in [0.25, 0.3) is 0 Å². The first-order valence-electron chi connectivity index (χ1n) is 9.31. The van der Waals surface area contributed by atoms with Crippen LogP contribution in [0.2, 0.25) is 5.02 Å². The third-order valence-corrected chi connectivity index (χ3v) is 5.91. The number of benzene rings is 1. The minimum absolute atomic E-state index is 0.0211. The summed E-state index contributed by atoms with van der Waals surface area (Å²) in [6.45, 7) is 10.00. The highest BCUT2D eigenvalue weighted by Gasteiger charge is 2.40. The number of ether oxygens (including phenoxy) is 1. The second-order valence-corrected chi connectivity index (χ2v) is 9.16. The molecule has 3 nitrogen and oxygen atoms in total. The molecule has 25 heavy (non-hydrogen) atoms. The molecule has 2 rings (SSSR count). The Bertz CT molecular complexity index is 619. The molecule has 1 aromatic rings. The molecule has 1 aliphatic rings. The molecule has 2 unspecified atom stereocenters. The van der Waals surface area contributed by atoms with Gasteiger partial charge in [-0.25, -0.2) is 0 Å². The molecule has 2 atom stereocenters. The lowest BCUT2D eigenvalue weighted by Crippen LogP contribution is -2.37. The van der Waals surface area contributed by atoms with Crippen LogP contribution in [0.15, 0.2) is 18.2 Å². The van der Waals surface area contributed by atoms with Crippen LogP contribution >= 0.6 is 11.6 Å². The van der Waals surface area contributed by atoms with Gasteiger partial charge in [0.2, 0.25) is 0 Å². The van der Waals surface area contributed by atoms with Crippen molar-refractivity contribution in [1.82, 2.24) is 0 Å². The van der Waals surface area contributed by atoms with Crippen LogP contribution in [-0.2, 0) is 14.9 Å². The van der Waals surface area contributed by atoms with E-state index in [0.29, 0.717) is 16.6 Å². The number of hydrogen-bond acceptors (Lipinski definition) is 3. The maximum absolute atomic E-state index is 12.3. The van der Waals surface area contributed by atoms with Gasteiger partial charge in [0.05, 0.1) is 16.6 Å². The number of esters is 1. The number of carbonyl (C=O) groups excluding carboxylic acids is 1. The van der Waals surface area contributed by atoms with Crippen LogP contribution in [0, 0.1) is 11.8 Å². The Balaban J connectivity index is 2.12. The second-order valence-electron chi connectivity index (χ2n) is 8.75. The molecule has 0 amide bonds. The first-order chi connectivity index (χ1) is 11.5. The Morgan fingerprint density at radius 2 is 1.96 bits per heavy atom. The van der Waals surface area contributed by atoms with Gasteiger partial charge in [-0.05, 0) is 75.5 Å². The van der Waals surface area contributed by atoms with Crippen molar-refractivity contribution < 1.29 is 9.53 Å². The van der Waals surface area contributed by atoms with Gasteiger partial charge in [0, 0.05) is 0 Å². The summed E-state index contributed by atoms with van der Waals surface area (Å²) in [4.78, 5) is 12.3. The summed E-state index contributed by atoms with van der Waals surface area (Å²) in [6.07, 6.45) is 5.51. The predicted octanol–water partition coefficient (Wildman–Crippen LogP) is 5.74. The third kappa shape index (κ3) is 4.91. The van der Waals surface area contributed by atoms with Crippen molar-refractivity contribution in [3.63, 3.8) is 0 Å². The Hall–Kier alpha value is -1.22. The van der Waals surface area contributed by atoms with Crippen LogP contribution in [0.1, 0.15) is 72.3 Å². The fourth-order valence-corrected chi connectivity index (χ4v) is 3.68. The van der Waals surface area contributed by atoms with E-state index in [2.05, 4.69) is 13.0 Å². The van der Waals surface area contributed by atoms with Gasteiger partial charge in [0.15, 0.2) is 0 Å². The molecule has 1 fully saturated rings. The molecule has 1 saturated carbocycles. The molecule has 0 heterocycles. The molecular formula is C21H32ClNO2. The smallest absolute Gasteiger partial charge is 0.309 e. The standard InChI is InChI=1S/C21H32ClNO2/c1-14(19(24)25-20(2,3)4)11-12-21(5,15-7-6-8-15)16-9-10-17(22)18(23)13-16/h9-10,13-15H,6-8,11-12,23H2,1-5H3. The molecule has 1 aliphatic carbocycles. The Morgan fingerprint density at radius 3 is 2.44 bits per heavy atom. The molecular weight excluding hydrogens is 334 g/mol. The van der Waals surface area contributed by atoms with Gasteiger partial charge >= 0.3 is 5.97 Å². The van der Waals surface area contributed by atoms with Crippen LogP contribution in [0.5, 0.6) is 0 Å². The van der Waals surface area contributed by atoms with Crippen LogP contribution in [0.25, 0.3) is 0 Å². The van der Waals surface area contributed by atoms with Gasteiger partial charge in [-0.1, -0.05) is 37.9 Å². The number of halogens is 1. The topological polar surface area (TPSA) is 52.3 Å². The van der Waals surface area contributed by atoms with Crippen molar-refractivity contribution in [2.75, 3.05) is 5.73 Å². The van der Waals surface area contributed by atoms with Crippen molar-refractivity contribution in [2.24, 2.45) is 11.8 Å². The predicted molar refractivity (Wildman–Crippen MR) is 105 cm³/mol. The number of hydrogen-bond donors (Lipinski definition) is 1. The molecule has 0 bridgehead atoms. The highest BCUT2D eigenvalue weighted by molar-refractivity contribution is 6.33. The number of nitrogen functional groups attached to an aromatic ring is 1. The number of carbonyl (C=O) groups is 1. The lowest BCUT2D eigenvalue weighted by Gasteiger charge is -2.44. The van der Waals surface area contributed by atoms with Crippen LogP contribution in [-0.4, -0.2) is 11.6 Å². The number of anilines is 1. The summed E-state index contributed by atoms with van der Waals surface area (Å²) in [5.41, 5.74) is 7.49. The van der Waals surface area contributed by atoms with Crippen LogP contribution < -0.4 is 5.73 Å². The molecule has 0 saturated heterocycles. The molecule has 0 spiro atoms. The fraction of sp³-hybridized carbons (Fsp3) is 0.667. The first kappa shape index (κ1) is 20.1. The van der Waals surface area contributed by atoms with Crippen LogP contribution in [0.4, 0.5) is 5.69 Å². The van der Waals surface area contributed by atoms with Crippen molar-refractivity contribution in [3.05, 3.63) is 28.8 Å². The average molecular weight is 366 g/mol. The zero-order valence-electron chi connectivity index (χ0n) is 16.2. The van der Waals surface area contributed by atoms with E-state index < -0.39 is 5.60 Å². The van der Waals surface area contributed by atoms with E-state index in [1.165, 1.54) is 24.8 Å². The van der Waals surface area contributed by atoms with Gasteiger partial charge < -0.3 is 10.5 Å². The summed E-state index contributed by atoms with van der Waals surface area (Å²) in [6, 6.07) is 5.99. The SMILES string of the molecule is CC(CCC(C)(c1ccc(Cl)c(N)c1)C1CCC1)C(=O)OC(C)(C)C. The molecule has 4 heteroatoms. The van der Waals surface area contributed by atoms with E-state index in [4.69, 9.17) is 22.1 Å². The number of rotatable bonds is 6. The largest absolute Gasteiger partial charge is 0.460 e. The summed E-state index contributed by atoms with van der Waals surface area (Å²) in [5.74, 6) is 0.418. The Labute approximate surface area is 157 Å². The quantitative estimate of drug-likeness (QED) is 0.516. The van der Waals surface area contributed by atoms with E-state index in [1.807, 2.05) is 39.8 Å². The van der Waals surface area contributed by atoms with Crippen molar-refractivity contribution in [1.29, 1.82) is 0 Å². The van der Waals surface area contributed by atoms with E-state index in [-0.39, 0.29) is 17.3 Å². The van der Waals surface area contributed by atoms with Crippen molar-refractivity contribution in [3.8, 4) is 0 Å². The molecule has 0 aromatic heterocycles. The maximum atomic E-state index is 12.3. The molecule has 140 valence electrons. The summed E-state index contributed by atoms with van der Waals surface area (Å²) in [5, 5.41) is 0.599. The van der Waals surface area contributed by atoms with E-state index in [9.17, 15) is 4.79 Å². The second kappa shape index (κ2) is 7.57. The highest BCUT2D eigenvalue weighted by Crippen LogP contribution is 2.48. The van der Waals surface area contributed by atoms with Gasteiger partial charge in [0.1, 0.15) is 5.60 Å². The molecule has 1 aromatic carbocycles. The first-order valence-corrected chi connectivity index (χ1v) is 9.69. The Kier molecular flexibility index (Phi) is 6.09. The fourth-order valence-electron chi connectivity index (χ4n) is 3.57. The zero-order chi connectivity index (χ0) is 18.8. The normalized spacial score (nSPS) is 19.0. The summed E-state index contributed by atoms with van der Waals surface area (Å²) < 4.78 is 5.53. The van der Waals surface area contributed by atoms with Gasteiger partial charge in [-0.2, -0.15) is 0 Å². The summed E-state index contributed by atoms with van der Waals surface area (Å²) in [7, 11) is 0. The molecule has 0 aliphatic heterocycles. The lowest BCUT2D eigenvalue weighted by molar-refractivity contribution is -0.159. The van der Waals surface area contributed by atoms with E-state index >= 15 is 0 Å². The Morgan fingerprint density at radius 1 is 1.32 bits per heavy atom. The minimum atomic E-state index is -0.437. The lowest BCUT2D eigenvalue weighted by atomic mass is 9.60. The number of nitrogens with two attached hydrogens (primary N) is 1.